The van der Waals surface area contributed by atoms with Gasteiger partial charge < -0.3 is 4.74 Å². The number of rotatable bonds is 7. The van der Waals surface area contributed by atoms with Crippen molar-refractivity contribution in [3.63, 3.8) is 0 Å². The smallest absolute Gasteiger partial charge is 0.326 e. The van der Waals surface area contributed by atoms with Gasteiger partial charge in [-0.25, -0.2) is 0 Å². The second-order valence-corrected chi connectivity index (χ2v) is 6.63. The van der Waals surface area contributed by atoms with Crippen LogP contribution >= 0.6 is 11.8 Å². The summed E-state index contributed by atoms with van der Waals surface area (Å²) in [4.78, 5) is 37.3. The summed E-state index contributed by atoms with van der Waals surface area (Å²) in [5.41, 5.74) is 1.86. The van der Waals surface area contributed by atoms with E-state index < -0.39 is 17.1 Å². The average Bonchev–Trinajstić information content (AvgIpc) is 2.83. The molecule has 0 spiro atoms. The standard InChI is InChI=1S/C19H21NO4S/c1-3-4-10-24-17(21)13-20-18(22)16(25-19(20)23)12-14(2)11-15-8-6-5-7-9-15/h5-9,11-12H,3-4,10,13H2,1-2H3/b14-11+,16-12+. The molecule has 0 unspecified atom stereocenters. The number of allylic oxidation sites excluding steroid dienone is 2. The van der Waals surface area contributed by atoms with Crippen molar-refractivity contribution in [2.24, 2.45) is 0 Å². The van der Waals surface area contributed by atoms with E-state index in [0.717, 1.165) is 40.6 Å². The predicted octanol–water partition coefficient (Wildman–Crippen LogP) is 4.01. The van der Waals surface area contributed by atoms with Crippen LogP contribution in [0, 0.1) is 0 Å². The molecule has 6 heteroatoms. The molecule has 0 atom stereocenters. The Balaban J connectivity index is 2.02. The molecule has 5 nitrogen and oxygen atoms in total. The molecule has 1 saturated heterocycles. The van der Waals surface area contributed by atoms with Gasteiger partial charge in [0.2, 0.25) is 0 Å². The normalized spacial score (nSPS) is 16.6. The van der Waals surface area contributed by atoms with E-state index in [0.29, 0.717) is 11.5 Å². The minimum atomic E-state index is -0.562. The third-order valence-corrected chi connectivity index (χ3v) is 4.38. The van der Waals surface area contributed by atoms with Gasteiger partial charge in [-0.1, -0.05) is 49.8 Å². The van der Waals surface area contributed by atoms with Crippen molar-refractivity contribution >= 4 is 35.0 Å². The zero-order valence-electron chi connectivity index (χ0n) is 14.4. The summed E-state index contributed by atoms with van der Waals surface area (Å²) in [5.74, 6) is -1.02. The van der Waals surface area contributed by atoms with E-state index in [1.54, 1.807) is 6.08 Å². The maximum atomic E-state index is 12.4. The minimum Gasteiger partial charge on any atom is -0.464 e. The molecule has 1 aliphatic heterocycles. The number of unbranched alkanes of at least 4 members (excludes halogenated alkanes) is 1. The Hall–Kier alpha value is -2.34. The third-order valence-electron chi connectivity index (χ3n) is 3.47. The van der Waals surface area contributed by atoms with E-state index in [1.165, 1.54) is 0 Å². The molecule has 1 fully saturated rings. The maximum Gasteiger partial charge on any atom is 0.326 e. The fourth-order valence-electron chi connectivity index (χ4n) is 2.20. The molecular formula is C19H21NO4S. The number of nitrogens with zero attached hydrogens (tertiary/aromatic N) is 1. The molecular weight excluding hydrogens is 338 g/mol. The third kappa shape index (κ3) is 5.60. The van der Waals surface area contributed by atoms with Gasteiger partial charge in [0.25, 0.3) is 11.1 Å². The van der Waals surface area contributed by atoms with Gasteiger partial charge in [-0.3, -0.25) is 19.3 Å². The molecule has 0 N–H and O–H groups in total. The Morgan fingerprint density at radius 2 is 1.96 bits per heavy atom. The van der Waals surface area contributed by atoms with E-state index in [4.69, 9.17) is 4.74 Å². The highest BCUT2D eigenvalue weighted by Crippen LogP contribution is 2.31. The van der Waals surface area contributed by atoms with Gasteiger partial charge in [-0.2, -0.15) is 0 Å². The van der Waals surface area contributed by atoms with Crippen LogP contribution in [-0.2, 0) is 14.3 Å². The number of imide groups is 1. The summed E-state index contributed by atoms with van der Waals surface area (Å²) in [6.07, 6.45) is 5.26. The van der Waals surface area contributed by atoms with E-state index in [9.17, 15) is 14.4 Å². The van der Waals surface area contributed by atoms with Crippen molar-refractivity contribution < 1.29 is 19.1 Å². The van der Waals surface area contributed by atoms with Gasteiger partial charge in [0.05, 0.1) is 11.5 Å². The molecule has 0 radical (unpaired) electrons. The van der Waals surface area contributed by atoms with Crippen LogP contribution in [0.5, 0.6) is 0 Å². The van der Waals surface area contributed by atoms with Crippen LogP contribution < -0.4 is 0 Å². The summed E-state index contributed by atoms with van der Waals surface area (Å²) in [6.45, 7) is 3.81. The summed E-state index contributed by atoms with van der Waals surface area (Å²) < 4.78 is 5.01. The maximum absolute atomic E-state index is 12.4. The Labute approximate surface area is 151 Å². The Bertz CT molecular complexity index is 709. The number of esters is 1. The van der Waals surface area contributed by atoms with Gasteiger partial charge in [-0.15, -0.1) is 0 Å². The molecule has 132 valence electrons. The lowest BCUT2D eigenvalue weighted by Crippen LogP contribution is -2.34. The van der Waals surface area contributed by atoms with Crippen LogP contribution in [0.15, 0.2) is 46.9 Å². The lowest BCUT2D eigenvalue weighted by Gasteiger charge is -2.11. The van der Waals surface area contributed by atoms with Crippen molar-refractivity contribution in [3.05, 3.63) is 52.4 Å². The number of carbonyl (C=O) groups is 3. The quantitative estimate of drug-likeness (QED) is 0.418. The van der Waals surface area contributed by atoms with Crippen molar-refractivity contribution in [2.75, 3.05) is 13.2 Å². The Morgan fingerprint density at radius 1 is 1.24 bits per heavy atom. The monoisotopic (exact) mass is 359 g/mol. The first-order valence-electron chi connectivity index (χ1n) is 8.15. The largest absolute Gasteiger partial charge is 0.464 e. The van der Waals surface area contributed by atoms with E-state index in [2.05, 4.69) is 0 Å². The lowest BCUT2D eigenvalue weighted by atomic mass is 10.1. The van der Waals surface area contributed by atoms with E-state index >= 15 is 0 Å². The molecule has 2 rings (SSSR count). The Kier molecular flexibility index (Phi) is 7.01. The molecule has 1 heterocycles. The fraction of sp³-hybridized carbons (Fsp3) is 0.316. The first-order chi connectivity index (χ1) is 12.0. The van der Waals surface area contributed by atoms with E-state index in [1.807, 2.05) is 50.3 Å². The molecule has 0 saturated carbocycles. The van der Waals surface area contributed by atoms with Crippen LogP contribution in [0.1, 0.15) is 32.3 Å². The van der Waals surface area contributed by atoms with Crippen molar-refractivity contribution in [1.29, 1.82) is 0 Å². The summed E-state index contributed by atoms with van der Waals surface area (Å²) in [5, 5.41) is -0.448. The SMILES string of the molecule is CCCCOC(=O)CN1C(=O)S/C(=C/C(C)=C/c2ccccc2)C1=O. The number of hydrogen-bond donors (Lipinski definition) is 0. The second-order valence-electron chi connectivity index (χ2n) is 5.64. The number of hydrogen-bond acceptors (Lipinski definition) is 5. The summed E-state index contributed by atoms with van der Waals surface area (Å²) in [6, 6.07) is 9.69. The van der Waals surface area contributed by atoms with Crippen LogP contribution in [0.4, 0.5) is 4.79 Å². The molecule has 0 aliphatic carbocycles. The average molecular weight is 359 g/mol. The van der Waals surface area contributed by atoms with Crippen molar-refractivity contribution in [1.82, 2.24) is 4.90 Å². The highest BCUT2D eigenvalue weighted by atomic mass is 32.2. The molecule has 0 bridgehead atoms. The zero-order valence-corrected chi connectivity index (χ0v) is 15.2. The fourth-order valence-corrected chi connectivity index (χ4v) is 3.09. The predicted molar refractivity (Wildman–Crippen MR) is 98.7 cm³/mol. The summed E-state index contributed by atoms with van der Waals surface area (Å²) >= 11 is 0.841. The van der Waals surface area contributed by atoms with Gasteiger partial charge in [0.15, 0.2) is 0 Å². The van der Waals surface area contributed by atoms with Crippen LogP contribution in [0.2, 0.25) is 0 Å². The molecule has 1 aromatic rings. The highest BCUT2D eigenvalue weighted by Gasteiger charge is 2.36. The molecule has 0 aromatic heterocycles. The van der Waals surface area contributed by atoms with Crippen LogP contribution in [0.3, 0.4) is 0 Å². The van der Waals surface area contributed by atoms with Crippen LogP contribution in [-0.4, -0.2) is 35.2 Å². The lowest BCUT2D eigenvalue weighted by molar-refractivity contribution is -0.146. The number of benzene rings is 1. The van der Waals surface area contributed by atoms with Gasteiger partial charge >= 0.3 is 5.97 Å². The van der Waals surface area contributed by atoms with E-state index in [-0.39, 0.29) is 6.54 Å². The minimum absolute atomic E-state index is 0.306. The van der Waals surface area contributed by atoms with Crippen molar-refractivity contribution in [2.45, 2.75) is 26.7 Å². The molecule has 1 aliphatic rings. The van der Waals surface area contributed by atoms with Crippen molar-refractivity contribution in [3.8, 4) is 0 Å². The topological polar surface area (TPSA) is 63.7 Å². The van der Waals surface area contributed by atoms with Gasteiger partial charge in [0, 0.05) is 0 Å². The second kappa shape index (κ2) is 9.22. The first-order valence-corrected chi connectivity index (χ1v) is 8.97. The number of amides is 2. The Morgan fingerprint density at radius 3 is 2.64 bits per heavy atom. The number of ether oxygens (including phenoxy) is 1. The highest BCUT2D eigenvalue weighted by molar-refractivity contribution is 8.18. The first kappa shape index (κ1) is 19.0. The molecule has 2 amide bonds. The van der Waals surface area contributed by atoms with Crippen LogP contribution in [0.25, 0.3) is 6.08 Å². The van der Waals surface area contributed by atoms with Gasteiger partial charge in [0.1, 0.15) is 6.54 Å². The zero-order chi connectivity index (χ0) is 18.2. The molecule has 25 heavy (non-hydrogen) atoms. The summed E-state index contributed by atoms with van der Waals surface area (Å²) in [7, 11) is 0. The molecule has 1 aromatic carbocycles. The number of carbonyl (C=O) groups excluding carboxylic acids is 3. The number of thioether (sulfide) groups is 1. The van der Waals surface area contributed by atoms with Gasteiger partial charge in [-0.05, 0) is 42.3 Å².